The first-order chi connectivity index (χ1) is 16.9. The summed E-state index contributed by atoms with van der Waals surface area (Å²) in [6.45, 7) is 1.09. The van der Waals surface area contributed by atoms with Crippen molar-refractivity contribution in [2.24, 2.45) is 0 Å². The van der Waals surface area contributed by atoms with E-state index < -0.39 is 0 Å². The zero-order valence-corrected chi connectivity index (χ0v) is 18.2. The highest BCUT2D eigenvalue weighted by atomic mass is 16.5. The summed E-state index contributed by atoms with van der Waals surface area (Å²) < 4.78 is 12.8. The van der Waals surface area contributed by atoms with Crippen molar-refractivity contribution in [3.05, 3.63) is 72.8 Å². The van der Waals surface area contributed by atoms with E-state index in [1.54, 1.807) is 0 Å². The van der Waals surface area contributed by atoms with Gasteiger partial charge in [-0.15, -0.1) is 0 Å². The zero-order chi connectivity index (χ0) is 21.7. The molecule has 2 heteroatoms. The van der Waals surface area contributed by atoms with E-state index in [9.17, 15) is 0 Å². The second-order valence-corrected chi connectivity index (χ2v) is 9.83. The molecule has 0 aliphatic carbocycles. The van der Waals surface area contributed by atoms with Crippen LogP contribution in [0.25, 0.3) is 86.2 Å². The fourth-order valence-electron chi connectivity index (χ4n) is 7.23. The Labute approximate surface area is 193 Å². The van der Waals surface area contributed by atoms with Crippen molar-refractivity contribution in [3.8, 4) is 11.5 Å². The van der Waals surface area contributed by atoms with Gasteiger partial charge in [0.25, 0.3) is 0 Å². The van der Waals surface area contributed by atoms with Crippen LogP contribution in [0.2, 0.25) is 0 Å². The molecule has 0 atom stereocenters. The average Bonchev–Trinajstić information content (AvgIpc) is 3.39. The van der Waals surface area contributed by atoms with Crippen molar-refractivity contribution in [1.29, 1.82) is 0 Å². The molecule has 1 aliphatic heterocycles. The van der Waals surface area contributed by atoms with E-state index in [4.69, 9.17) is 9.47 Å². The molecule has 34 heavy (non-hydrogen) atoms. The Kier molecular flexibility index (Phi) is 2.45. The second-order valence-electron chi connectivity index (χ2n) is 9.83. The monoisotopic (exact) mass is 432 g/mol. The third-order valence-electron chi connectivity index (χ3n) is 8.36. The van der Waals surface area contributed by atoms with E-state index in [-0.39, 0.29) is 0 Å². The van der Waals surface area contributed by atoms with Crippen LogP contribution in [0.4, 0.5) is 0 Å². The van der Waals surface area contributed by atoms with Crippen LogP contribution in [-0.4, -0.2) is 13.2 Å². The third-order valence-corrected chi connectivity index (χ3v) is 8.36. The van der Waals surface area contributed by atoms with Gasteiger partial charge in [-0.25, -0.2) is 0 Å². The Morgan fingerprint density at radius 3 is 1.35 bits per heavy atom. The highest BCUT2D eigenvalue weighted by Crippen LogP contribution is 2.57. The Hall–Kier alpha value is -4.30. The molecule has 9 aromatic carbocycles. The van der Waals surface area contributed by atoms with Crippen LogP contribution in [-0.2, 0) is 0 Å². The van der Waals surface area contributed by atoms with E-state index in [1.807, 2.05) is 0 Å². The van der Waals surface area contributed by atoms with E-state index in [1.165, 1.54) is 86.2 Å². The number of hydrogen-bond donors (Lipinski definition) is 0. The summed E-state index contributed by atoms with van der Waals surface area (Å²) in [7, 11) is 0. The maximum atomic E-state index is 6.39. The van der Waals surface area contributed by atoms with Crippen molar-refractivity contribution in [1.82, 2.24) is 0 Å². The van der Waals surface area contributed by atoms with Gasteiger partial charge in [0.2, 0.25) is 0 Å². The lowest BCUT2D eigenvalue weighted by molar-refractivity contribution is 0.218. The van der Waals surface area contributed by atoms with Gasteiger partial charge in [-0.3, -0.25) is 0 Å². The van der Waals surface area contributed by atoms with Gasteiger partial charge in [-0.1, -0.05) is 60.7 Å². The van der Waals surface area contributed by atoms with E-state index in [2.05, 4.69) is 72.8 Å². The van der Waals surface area contributed by atoms with Gasteiger partial charge in [0, 0.05) is 21.5 Å². The first kappa shape index (κ1) is 16.3. The van der Waals surface area contributed by atoms with Crippen molar-refractivity contribution >= 4 is 86.2 Å². The molecular weight excluding hydrogens is 416 g/mol. The molecule has 1 heterocycles. The molecule has 0 unspecified atom stereocenters. The topological polar surface area (TPSA) is 18.5 Å². The zero-order valence-electron chi connectivity index (χ0n) is 18.2. The SMILES string of the molecule is c1cc2ccc3cc4c5c6c(cc7ccc8cccc9c8c7c6c9c6c(c1)c2c3c56)OCCO4. The fourth-order valence-corrected chi connectivity index (χ4v) is 7.23. The Bertz CT molecular complexity index is 2110. The number of rotatable bonds is 0. The molecule has 0 bridgehead atoms. The van der Waals surface area contributed by atoms with Crippen molar-refractivity contribution in [3.63, 3.8) is 0 Å². The quantitative estimate of drug-likeness (QED) is 0.224. The fraction of sp³-hybridized carbons (Fsp3) is 0.0625. The minimum atomic E-state index is 0.547. The standard InChI is InChI=1S/C32H16O2/c1-3-15-7-9-17-13-21-29-30-22(34-12-11-33-21)14-18-10-8-16-4-2-6-20-24(16)26(18)32(30)28(20)27-19(5-1)23(15)25(17)31(27)29/h1-10,13-14H,11-12H2. The maximum absolute atomic E-state index is 6.39. The van der Waals surface area contributed by atoms with Crippen molar-refractivity contribution in [2.75, 3.05) is 13.2 Å². The van der Waals surface area contributed by atoms with E-state index >= 15 is 0 Å². The first-order valence-corrected chi connectivity index (χ1v) is 11.9. The lowest BCUT2D eigenvalue weighted by atomic mass is 9.91. The average molecular weight is 432 g/mol. The molecule has 2 nitrogen and oxygen atoms in total. The van der Waals surface area contributed by atoms with Gasteiger partial charge in [0.1, 0.15) is 24.7 Å². The van der Waals surface area contributed by atoms with Crippen LogP contribution < -0.4 is 9.47 Å². The molecular formula is C32H16O2. The first-order valence-electron chi connectivity index (χ1n) is 11.9. The molecule has 0 amide bonds. The highest BCUT2D eigenvalue weighted by molar-refractivity contribution is 6.54. The van der Waals surface area contributed by atoms with Gasteiger partial charge in [-0.2, -0.15) is 0 Å². The molecule has 0 N–H and O–H groups in total. The summed E-state index contributed by atoms with van der Waals surface area (Å²) in [4.78, 5) is 0. The predicted molar refractivity (Wildman–Crippen MR) is 142 cm³/mol. The summed E-state index contributed by atoms with van der Waals surface area (Å²) in [6.07, 6.45) is 0. The number of benzene rings is 7. The third kappa shape index (κ3) is 1.55. The van der Waals surface area contributed by atoms with Crippen LogP contribution in [0.1, 0.15) is 0 Å². The van der Waals surface area contributed by atoms with Crippen LogP contribution in [0.3, 0.4) is 0 Å². The van der Waals surface area contributed by atoms with Gasteiger partial charge in [-0.05, 0) is 76.8 Å². The van der Waals surface area contributed by atoms with Crippen LogP contribution in [0.5, 0.6) is 11.5 Å². The lowest BCUT2D eigenvalue weighted by Gasteiger charge is -2.20. The summed E-state index contributed by atoms with van der Waals surface area (Å²) in [5, 5.41) is 21.1. The smallest absolute Gasteiger partial charge is 0.128 e. The molecule has 0 saturated carbocycles. The molecule has 0 aromatic heterocycles. The molecule has 156 valence electrons. The number of fused-ring (bicyclic) bond motifs is 3. The van der Waals surface area contributed by atoms with Crippen LogP contribution >= 0.6 is 0 Å². The minimum Gasteiger partial charge on any atom is -0.489 e. The molecule has 0 radical (unpaired) electrons. The highest BCUT2D eigenvalue weighted by Gasteiger charge is 2.29. The largest absolute Gasteiger partial charge is 0.489 e. The Morgan fingerprint density at radius 1 is 0.382 bits per heavy atom. The molecule has 0 saturated heterocycles. The van der Waals surface area contributed by atoms with Crippen molar-refractivity contribution < 1.29 is 9.47 Å². The Balaban J connectivity index is 1.74. The van der Waals surface area contributed by atoms with E-state index in [0.717, 1.165) is 11.5 Å². The second kappa shape index (κ2) is 5.10. The molecule has 9 aromatic rings. The molecule has 10 rings (SSSR count). The van der Waals surface area contributed by atoms with E-state index in [0.29, 0.717) is 13.2 Å². The summed E-state index contributed by atoms with van der Waals surface area (Å²) in [5.74, 6) is 1.96. The lowest BCUT2D eigenvalue weighted by Crippen LogP contribution is -2.11. The number of hydrogen-bond acceptors (Lipinski definition) is 2. The molecule has 0 spiro atoms. The summed E-state index contributed by atoms with van der Waals surface area (Å²) in [6, 6.07) is 27.1. The maximum Gasteiger partial charge on any atom is 0.128 e. The summed E-state index contributed by atoms with van der Waals surface area (Å²) in [5.41, 5.74) is 0. The van der Waals surface area contributed by atoms with Gasteiger partial charge < -0.3 is 9.47 Å². The van der Waals surface area contributed by atoms with Gasteiger partial charge >= 0.3 is 0 Å². The minimum absolute atomic E-state index is 0.547. The predicted octanol–water partition coefficient (Wildman–Crippen LogP) is 8.43. The summed E-state index contributed by atoms with van der Waals surface area (Å²) >= 11 is 0. The number of ether oxygens (including phenoxy) is 2. The van der Waals surface area contributed by atoms with Crippen molar-refractivity contribution in [2.45, 2.75) is 0 Å². The van der Waals surface area contributed by atoms with Gasteiger partial charge in [0.05, 0.1) is 0 Å². The van der Waals surface area contributed by atoms with Crippen LogP contribution in [0, 0.1) is 0 Å². The van der Waals surface area contributed by atoms with Gasteiger partial charge in [0.15, 0.2) is 0 Å². The molecule has 0 fully saturated rings. The molecule has 1 aliphatic rings. The Morgan fingerprint density at radius 2 is 0.853 bits per heavy atom. The normalized spacial score (nSPS) is 14.7. The van der Waals surface area contributed by atoms with Crippen LogP contribution in [0.15, 0.2) is 72.8 Å².